The summed E-state index contributed by atoms with van der Waals surface area (Å²) in [5.41, 5.74) is 0. The number of halogens is 2. The van der Waals surface area contributed by atoms with Gasteiger partial charge in [-0.2, -0.15) is 4.31 Å². The van der Waals surface area contributed by atoms with E-state index in [1.807, 2.05) is 0 Å². The zero-order valence-electron chi connectivity index (χ0n) is 10.9. The van der Waals surface area contributed by atoms with Crippen molar-refractivity contribution in [1.29, 1.82) is 0 Å². The van der Waals surface area contributed by atoms with Crippen LogP contribution in [0.15, 0.2) is 32.0 Å². The molecular weight excluding hydrogens is 450 g/mol. The Morgan fingerprint density at radius 3 is 2.43 bits per heavy atom. The van der Waals surface area contributed by atoms with Crippen molar-refractivity contribution in [2.45, 2.75) is 17.0 Å². The lowest BCUT2D eigenvalue weighted by Crippen LogP contribution is -2.44. The normalized spacial score (nSPS) is 25.4. The molecule has 1 heterocycles. The summed E-state index contributed by atoms with van der Waals surface area (Å²) in [6.07, 6.45) is -1.22. The smallest absolute Gasteiger partial charge is 0.244 e. The molecule has 6 nitrogen and oxygen atoms in total. The van der Waals surface area contributed by atoms with E-state index in [9.17, 15) is 21.9 Å². The molecule has 1 aromatic rings. The van der Waals surface area contributed by atoms with E-state index < -0.39 is 37.8 Å². The number of hydrogen-bond donors (Lipinski definition) is 1. The molecule has 21 heavy (non-hydrogen) atoms. The van der Waals surface area contributed by atoms with Gasteiger partial charge in [-0.05, 0) is 34.1 Å². The summed E-state index contributed by atoms with van der Waals surface area (Å²) in [5, 5.41) is 9.82. The van der Waals surface area contributed by atoms with Crippen molar-refractivity contribution in [1.82, 2.24) is 4.31 Å². The molecule has 0 bridgehead atoms. The molecule has 0 aliphatic carbocycles. The molecule has 0 aromatic heterocycles. The standard InChI is InChI=1S/C11H13Br2NO5S2/c1-14(9-5-20(16,17)6-10(9)15)21(18,19)11-4-7(12)2-3-8(11)13/h2-4,9-10,15H,5-6H2,1H3/t9-,10+/m0/s1. The third-order valence-electron chi connectivity index (χ3n) is 3.31. The van der Waals surface area contributed by atoms with E-state index in [0.29, 0.717) is 8.95 Å². The van der Waals surface area contributed by atoms with E-state index in [1.54, 1.807) is 12.1 Å². The third kappa shape index (κ3) is 3.50. The number of aliphatic hydroxyl groups excluding tert-OH is 1. The lowest BCUT2D eigenvalue weighted by Gasteiger charge is -2.25. The van der Waals surface area contributed by atoms with Gasteiger partial charge in [-0.25, -0.2) is 16.8 Å². The van der Waals surface area contributed by atoms with Gasteiger partial charge < -0.3 is 5.11 Å². The van der Waals surface area contributed by atoms with Gasteiger partial charge in [0.15, 0.2) is 9.84 Å². The van der Waals surface area contributed by atoms with Crippen molar-refractivity contribution in [3.8, 4) is 0 Å². The first-order chi connectivity index (χ1) is 9.54. The van der Waals surface area contributed by atoms with Crippen LogP contribution in [0.5, 0.6) is 0 Å². The molecule has 2 atom stereocenters. The summed E-state index contributed by atoms with van der Waals surface area (Å²) in [5.74, 6) is -0.799. The summed E-state index contributed by atoms with van der Waals surface area (Å²) < 4.78 is 50.2. The predicted molar refractivity (Wildman–Crippen MR) is 85.2 cm³/mol. The molecule has 0 saturated carbocycles. The highest BCUT2D eigenvalue weighted by Crippen LogP contribution is 2.30. The third-order valence-corrected chi connectivity index (χ3v) is 8.38. The van der Waals surface area contributed by atoms with Gasteiger partial charge in [-0.3, -0.25) is 0 Å². The van der Waals surface area contributed by atoms with Crippen molar-refractivity contribution >= 4 is 51.7 Å². The van der Waals surface area contributed by atoms with Crippen molar-refractivity contribution in [3.63, 3.8) is 0 Å². The molecular formula is C11H13Br2NO5S2. The quantitative estimate of drug-likeness (QED) is 0.723. The first-order valence-electron chi connectivity index (χ1n) is 5.86. The zero-order valence-corrected chi connectivity index (χ0v) is 15.7. The Bertz CT molecular complexity index is 763. The van der Waals surface area contributed by atoms with Crippen LogP contribution in [-0.2, 0) is 19.9 Å². The molecule has 0 radical (unpaired) electrons. The minimum atomic E-state index is -3.93. The number of nitrogens with zero attached hydrogens (tertiary/aromatic N) is 1. The first-order valence-corrected chi connectivity index (χ1v) is 10.7. The highest BCUT2D eigenvalue weighted by molar-refractivity contribution is 9.11. The molecule has 1 aliphatic heterocycles. The Morgan fingerprint density at radius 1 is 1.29 bits per heavy atom. The molecule has 118 valence electrons. The van der Waals surface area contributed by atoms with E-state index in [4.69, 9.17) is 0 Å². The molecule has 1 N–H and O–H groups in total. The van der Waals surface area contributed by atoms with E-state index >= 15 is 0 Å². The molecule has 0 spiro atoms. The maximum Gasteiger partial charge on any atom is 0.244 e. The van der Waals surface area contributed by atoms with Crippen molar-refractivity contribution in [2.24, 2.45) is 0 Å². The summed E-state index contributed by atoms with van der Waals surface area (Å²) in [7, 11) is -6.08. The molecule has 2 rings (SSSR count). The number of rotatable bonds is 3. The number of aliphatic hydroxyl groups is 1. The van der Waals surface area contributed by atoms with E-state index in [1.165, 1.54) is 13.1 Å². The fraction of sp³-hybridized carbons (Fsp3) is 0.455. The fourth-order valence-corrected chi connectivity index (χ4v) is 6.95. The average Bonchev–Trinajstić information content (AvgIpc) is 2.64. The summed E-state index contributed by atoms with van der Waals surface area (Å²) in [6, 6.07) is 3.70. The largest absolute Gasteiger partial charge is 0.390 e. The molecule has 1 saturated heterocycles. The Labute approximate surface area is 140 Å². The second-order valence-corrected chi connectivity index (χ2v) is 10.7. The number of sulfonamides is 1. The Balaban J connectivity index is 2.42. The van der Waals surface area contributed by atoms with Gasteiger partial charge in [0.25, 0.3) is 0 Å². The van der Waals surface area contributed by atoms with Crippen LogP contribution in [0.4, 0.5) is 0 Å². The Hall–Kier alpha value is -0.000000000000000111. The van der Waals surface area contributed by atoms with Gasteiger partial charge in [-0.1, -0.05) is 15.9 Å². The summed E-state index contributed by atoms with van der Waals surface area (Å²) in [6.45, 7) is 0. The Morgan fingerprint density at radius 2 is 1.90 bits per heavy atom. The number of sulfone groups is 1. The van der Waals surface area contributed by atoms with Crippen molar-refractivity contribution in [2.75, 3.05) is 18.6 Å². The highest BCUT2D eigenvalue weighted by atomic mass is 79.9. The van der Waals surface area contributed by atoms with Gasteiger partial charge in [0, 0.05) is 16.0 Å². The van der Waals surface area contributed by atoms with Gasteiger partial charge in [0.1, 0.15) is 0 Å². The van der Waals surface area contributed by atoms with Gasteiger partial charge in [0.2, 0.25) is 10.0 Å². The van der Waals surface area contributed by atoms with Crippen LogP contribution in [0.25, 0.3) is 0 Å². The number of benzene rings is 1. The summed E-state index contributed by atoms with van der Waals surface area (Å²) in [4.78, 5) is 0.0101. The lowest BCUT2D eigenvalue weighted by molar-refractivity contribution is 0.137. The predicted octanol–water partition coefficient (Wildman–Crippen LogP) is 0.990. The van der Waals surface area contributed by atoms with Gasteiger partial charge >= 0.3 is 0 Å². The molecule has 0 amide bonds. The zero-order chi connectivity index (χ0) is 16.0. The number of likely N-dealkylation sites (N-methyl/N-ethyl adjacent to an activating group) is 1. The molecule has 1 aliphatic rings. The van der Waals surface area contributed by atoms with Crippen molar-refractivity contribution in [3.05, 3.63) is 27.1 Å². The highest BCUT2D eigenvalue weighted by Gasteiger charge is 2.43. The van der Waals surface area contributed by atoms with Crippen LogP contribution in [0.3, 0.4) is 0 Å². The SMILES string of the molecule is CN([C@H]1CS(=O)(=O)C[C@H]1O)S(=O)(=O)c1cc(Br)ccc1Br. The minimum Gasteiger partial charge on any atom is -0.390 e. The van der Waals surface area contributed by atoms with Crippen LogP contribution in [0.2, 0.25) is 0 Å². The molecule has 1 aromatic carbocycles. The van der Waals surface area contributed by atoms with E-state index in [0.717, 1.165) is 4.31 Å². The number of hydrogen-bond acceptors (Lipinski definition) is 5. The molecule has 1 fully saturated rings. The summed E-state index contributed by atoms with van der Waals surface area (Å²) >= 11 is 6.38. The monoisotopic (exact) mass is 461 g/mol. The first kappa shape index (κ1) is 17.4. The van der Waals surface area contributed by atoms with Crippen LogP contribution < -0.4 is 0 Å². The second-order valence-electron chi connectivity index (χ2n) is 4.81. The molecule has 0 unspecified atom stereocenters. The lowest BCUT2D eigenvalue weighted by atomic mass is 10.2. The van der Waals surface area contributed by atoms with Crippen LogP contribution in [0.1, 0.15) is 0 Å². The average molecular weight is 463 g/mol. The maximum absolute atomic E-state index is 12.6. The maximum atomic E-state index is 12.6. The van der Waals surface area contributed by atoms with Gasteiger partial charge in [-0.15, -0.1) is 0 Å². The van der Waals surface area contributed by atoms with Gasteiger partial charge in [0.05, 0.1) is 28.5 Å². The van der Waals surface area contributed by atoms with E-state index in [-0.39, 0.29) is 10.6 Å². The molecule has 10 heteroatoms. The fourth-order valence-electron chi connectivity index (χ4n) is 2.17. The van der Waals surface area contributed by atoms with E-state index in [2.05, 4.69) is 31.9 Å². The van der Waals surface area contributed by atoms with Crippen LogP contribution >= 0.6 is 31.9 Å². The van der Waals surface area contributed by atoms with Crippen LogP contribution in [0, 0.1) is 0 Å². The topological polar surface area (TPSA) is 91.8 Å². The Kier molecular flexibility index (Phi) is 4.87. The van der Waals surface area contributed by atoms with Crippen molar-refractivity contribution < 1.29 is 21.9 Å². The minimum absolute atomic E-state index is 0.0101. The second kappa shape index (κ2) is 5.89. The van der Waals surface area contributed by atoms with Crippen LogP contribution in [-0.4, -0.2) is 56.9 Å².